The largest absolute Gasteiger partial charge is 0.393 e. The molecule has 4 heteroatoms. The first-order chi connectivity index (χ1) is 9.79. The molecule has 0 saturated heterocycles. The highest BCUT2D eigenvalue weighted by Gasteiger charge is 2.25. The molecule has 0 aromatic heterocycles. The van der Waals surface area contributed by atoms with Gasteiger partial charge in [0.25, 0.3) is 0 Å². The number of rotatable bonds is 6. The fourth-order valence-electron chi connectivity index (χ4n) is 3.07. The van der Waals surface area contributed by atoms with E-state index < -0.39 is 0 Å². The molecule has 0 aliphatic heterocycles. The van der Waals surface area contributed by atoms with Crippen molar-refractivity contribution in [2.45, 2.75) is 57.1 Å². The van der Waals surface area contributed by atoms with Crippen molar-refractivity contribution in [2.24, 2.45) is 11.0 Å². The van der Waals surface area contributed by atoms with Crippen molar-refractivity contribution in [3.05, 3.63) is 46.3 Å². The number of benzene rings is 1. The molecule has 1 saturated carbocycles. The Morgan fingerprint density at radius 2 is 1.90 bits per heavy atom. The summed E-state index contributed by atoms with van der Waals surface area (Å²) in [6.07, 6.45) is 6.53. The van der Waals surface area contributed by atoms with Crippen LogP contribution in [0.4, 0.5) is 0 Å². The zero-order chi connectivity index (χ0) is 14.2. The number of hydrogen-bond acceptors (Lipinski definition) is 2. The van der Waals surface area contributed by atoms with E-state index in [1.165, 1.54) is 5.56 Å². The number of aryl methyl sites for hydroxylation is 1. The SMILES string of the molecule is [N-]=[N+]=NC1CCC([C@@H](O)CCCc2ccccc2)CC1. The molecule has 1 aliphatic carbocycles. The van der Waals surface area contributed by atoms with Crippen LogP contribution in [0.5, 0.6) is 0 Å². The maximum Gasteiger partial charge on any atom is 0.0568 e. The topological polar surface area (TPSA) is 69.0 Å². The summed E-state index contributed by atoms with van der Waals surface area (Å²) in [6, 6.07) is 10.6. The summed E-state index contributed by atoms with van der Waals surface area (Å²) < 4.78 is 0. The predicted octanol–water partition coefficient (Wildman–Crippen LogP) is 4.24. The van der Waals surface area contributed by atoms with Crippen molar-refractivity contribution in [3.8, 4) is 0 Å². The van der Waals surface area contributed by atoms with E-state index in [1.807, 2.05) is 6.07 Å². The minimum atomic E-state index is -0.203. The monoisotopic (exact) mass is 273 g/mol. The summed E-state index contributed by atoms with van der Waals surface area (Å²) in [5, 5.41) is 14.0. The van der Waals surface area contributed by atoms with Crippen LogP contribution < -0.4 is 0 Å². The number of nitrogens with zero attached hydrogens (tertiary/aromatic N) is 3. The van der Waals surface area contributed by atoms with Gasteiger partial charge in [0.15, 0.2) is 0 Å². The Kier molecular flexibility index (Phi) is 5.90. The molecule has 0 radical (unpaired) electrons. The van der Waals surface area contributed by atoms with Crippen molar-refractivity contribution < 1.29 is 5.11 Å². The standard InChI is InChI=1S/C16H23N3O/c17-19-18-15-11-9-14(10-12-15)16(20)8-4-7-13-5-2-1-3-6-13/h1-3,5-6,14-16,20H,4,7-12H2/t14?,15?,16-/m0/s1. The lowest BCUT2D eigenvalue weighted by molar-refractivity contribution is 0.0724. The van der Waals surface area contributed by atoms with Gasteiger partial charge >= 0.3 is 0 Å². The fourth-order valence-corrected chi connectivity index (χ4v) is 3.07. The Hall–Kier alpha value is -1.51. The zero-order valence-electron chi connectivity index (χ0n) is 11.9. The number of hydrogen-bond donors (Lipinski definition) is 1. The number of aliphatic hydroxyl groups excluding tert-OH is 1. The van der Waals surface area contributed by atoms with Gasteiger partial charge in [0.1, 0.15) is 0 Å². The van der Waals surface area contributed by atoms with Crippen LogP contribution in [0.3, 0.4) is 0 Å². The quantitative estimate of drug-likeness (QED) is 0.470. The number of azide groups is 1. The molecule has 20 heavy (non-hydrogen) atoms. The van der Waals surface area contributed by atoms with Gasteiger partial charge in [-0.15, -0.1) is 0 Å². The Morgan fingerprint density at radius 3 is 2.55 bits per heavy atom. The highest BCUT2D eigenvalue weighted by Crippen LogP contribution is 2.30. The summed E-state index contributed by atoms with van der Waals surface area (Å²) in [6.45, 7) is 0. The van der Waals surface area contributed by atoms with E-state index in [1.54, 1.807) is 0 Å². The van der Waals surface area contributed by atoms with Gasteiger partial charge in [-0.25, -0.2) is 0 Å². The van der Waals surface area contributed by atoms with Gasteiger partial charge in [-0.3, -0.25) is 0 Å². The Bertz CT molecular complexity index is 434. The second kappa shape index (κ2) is 7.93. The van der Waals surface area contributed by atoms with Crippen LogP contribution >= 0.6 is 0 Å². The van der Waals surface area contributed by atoms with Crippen LogP contribution in [-0.4, -0.2) is 17.3 Å². The van der Waals surface area contributed by atoms with E-state index in [9.17, 15) is 5.11 Å². The lowest BCUT2D eigenvalue weighted by Gasteiger charge is -2.29. The molecule has 1 atom stereocenters. The Labute approximate surface area is 120 Å². The maximum atomic E-state index is 10.3. The fraction of sp³-hybridized carbons (Fsp3) is 0.625. The van der Waals surface area contributed by atoms with Crippen LogP contribution in [0.25, 0.3) is 10.4 Å². The third-order valence-corrected chi connectivity index (χ3v) is 4.31. The van der Waals surface area contributed by atoms with Crippen molar-refractivity contribution in [1.82, 2.24) is 0 Å². The Morgan fingerprint density at radius 1 is 1.20 bits per heavy atom. The average molecular weight is 273 g/mol. The molecule has 0 unspecified atom stereocenters. The summed E-state index contributed by atoms with van der Waals surface area (Å²) in [7, 11) is 0. The highest BCUT2D eigenvalue weighted by molar-refractivity contribution is 5.14. The highest BCUT2D eigenvalue weighted by atomic mass is 16.3. The molecule has 0 bridgehead atoms. The van der Waals surface area contributed by atoms with E-state index >= 15 is 0 Å². The molecular weight excluding hydrogens is 250 g/mol. The molecule has 4 nitrogen and oxygen atoms in total. The summed E-state index contributed by atoms with van der Waals surface area (Å²) >= 11 is 0. The smallest absolute Gasteiger partial charge is 0.0568 e. The van der Waals surface area contributed by atoms with Crippen molar-refractivity contribution in [1.29, 1.82) is 0 Å². The van der Waals surface area contributed by atoms with E-state index in [2.05, 4.69) is 34.3 Å². The minimum Gasteiger partial charge on any atom is -0.393 e. The van der Waals surface area contributed by atoms with Crippen LogP contribution in [0, 0.1) is 5.92 Å². The molecule has 108 valence electrons. The lowest BCUT2D eigenvalue weighted by atomic mass is 9.81. The third-order valence-electron chi connectivity index (χ3n) is 4.31. The second-order valence-electron chi connectivity index (χ2n) is 5.72. The molecule has 2 rings (SSSR count). The Balaban J connectivity index is 1.68. The maximum absolute atomic E-state index is 10.3. The summed E-state index contributed by atoms with van der Waals surface area (Å²) in [5.74, 6) is 0.385. The lowest BCUT2D eigenvalue weighted by Crippen LogP contribution is -2.27. The molecule has 0 heterocycles. The van der Waals surface area contributed by atoms with Gasteiger partial charge in [-0.1, -0.05) is 35.4 Å². The zero-order valence-corrected chi connectivity index (χ0v) is 11.9. The second-order valence-corrected chi connectivity index (χ2v) is 5.72. The van der Waals surface area contributed by atoms with Crippen LogP contribution in [0.2, 0.25) is 0 Å². The molecule has 1 aliphatic rings. The minimum absolute atomic E-state index is 0.146. The molecule has 0 amide bonds. The first kappa shape index (κ1) is 14.9. The van der Waals surface area contributed by atoms with E-state index in [0.29, 0.717) is 5.92 Å². The first-order valence-corrected chi connectivity index (χ1v) is 7.56. The van der Waals surface area contributed by atoms with Gasteiger partial charge < -0.3 is 5.11 Å². The van der Waals surface area contributed by atoms with Crippen molar-refractivity contribution in [3.63, 3.8) is 0 Å². The molecule has 1 N–H and O–H groups in total. The van der Waals surface area contributed by atoms with Crippen LogP contribution in [-0.2, 0) is 6.42 Å². The molecule has 1 fully saturated rings. The molecule has 0 spiro atoms. The molecule has 1 aromatic carbocycles. The van der Waals surface area contributed by atoms with Crippen molar-refractivity contribution in [2.75, 3.05) is 0 Å². The van der Waals surface area contributed by atoms with Gasteiger partial charge in [-0.2, -0.15) is 0 Å². The van der Waals surface area contributed by atoms with Crippen molar-refractivity contribution >= 4 is 0 Å². The number of aliphatic hydroxyl groups is 1. The van der Waals surface area contributed by atoms with E-state index in [-0.39, 0.29) is 12.1 Å². The average Bonchev–Trinajstić information content (AvgIpc) is 2.49. The van der Waals surface area contributed by atoms with Gasteiger partial charge in [0.2, 0.25) is 0 Å². The normalized spacial score (nSPS) is 23.9. The molecular formula is C16H23N3O. The molecule has 1 aromatic rings. The van der Waals surface area contributed by atoms with Gasteiger partial charge in [-0.05, 0) is 62.0 Å². The van der Waals surface area contributed by atoms with Gasteiger partial charge in [0.05, 0.1) is 6.10 Å². The van der Waals surface area contributed by atoms with E-state index in [0.717, 1.165) is 44.9 Å². The van der Waals surface area contributed by atoms with Crippen LogP contribution in [0.15, 0.2) is 35.4 Å². The van der Waals surface area contributed by atoms with Gasteiger partial charge in [0, 0.05) is 11.0 Å². The summed E-state index contributed by atoms with van der Waals surface area (Å²) in [5.41, 5.74) is 9.77. The first-order valence-electron chi connectivity index (χ1n) is 7.56. The third kappa shape index (κ3) is 4.55. The van der Waals surface area contributed by atoms with E-state index in [4.69, 9.17) is 5.53 Å². The summed E-state index contributed by atoms with van der Waals surface area (Å²) in [4.78, 5) is 2.87. The predicted molar refractivity (Wildman–Crippen MR) is 80.3 cm³/mol. The van der Waals surface area contributed by atoms with Crippen LogP contribution in [0.1, 0.15) is 44.1 Å².